The molecule has 0 radical (unpaired) electrons. The lowest BCUT2D eigenvalue weighted by molar-refractivity contribution is 0.259. The number of phenolic OH excluding ortho intramolecular Hbond substituents is 1. The zero-order chi connectivity index (χ0) is 14.7. The molecule has 5 nitrogen and oxygen atoms in total. The van der Waals surface area contributed by atoms with Crippen LogP contribution in [0, 0.1) is 0 Å². The van der Waals surface area contributed by atoms with Crippen LogP contribution in [-0.4, -0.2) is 36.2 Å². The summed E-state index contributed by atoms with van der Waals surface area (Å²) in [6, 6.07) is 5.42. The zero-order valence-electron chi connectivity index (χ0n) is 12.0. The molecule has 2 amide bonds. The highest BCUT2D eigenvalue weighted by Gasteiger charge is 2.03. The number of amides is 2. The second-order valence-electron chi connectivity index (χ2n) is 4.05. The van der Waals surface area contributed by atoms with E-state index in [0.29, 0.717) is 5.69 Å². The second-order valence-corrected chi connectivity index (χ2v) is 4.05. The van der Waals surface area contributed by atoms with Crippen LogP contribution in [0.5, 0.6) is 5.75 Å². The van der Waals surface area contributed by atoms with E-state index in [0.717, 1.165) is 0 Å². The Hall–Kier alpha value is -1.75. The number of likely N-dealkylation sites (tertiary alicyclic amines) is 1. The number of hydrogen-bond donors (Lipinski definition) is 3. The van der Waals surface area contributed by atoms with Crippen LogP contribution in [0.1, 0.15) is 26.7 Å². The van der Waals surface area contributed by atoms with Gasteiger partial charge in [-0.15, -0.1) is 0 Å². The predicted octanol–water partition coefficient (Wildman–Crippen LogP) is 2.62. The second kappa shape index (κ2) is 10.2. The fraction of sp³-hybridized carbons (Fsp3) is 0.500. The molecule has 1 aliphatic rings. The van der Waals surface area contributed by atoms with Crippen LogP contribution in [0.15, 0.2) is 24.3 Å². The molecular formula is C14H25N3O2. The van der Waals surface area contributed by atoms with Crippen molar-refractivity contribution < 1.29 is 9.90 Å². The Balaban J connectivity index is 0.000000341. The highest BCUT2D eigenvalue weighted by atomic mass is 16.3. The van der Waals surface area contributed by atoms with E-state index in [4.69, 9.17) is 10.8 Å². The molecule has 0 aromatic heterocycles. The number of phenols is 1. The van der Waals surface area contributed by atoms with E-state index in [1.54, 1.807) is 12.1 Å². The van der Waals surface area contributed by atoms with Gasteiger partial charge in [0.2, 0.25) is 0 Å². The van der Waals surface area contributed by atoms with Crippen LogP contribution >= 0.6 is 0 Å². The van der Waals surface area contributed by atoms with Gasteiger partial charge in [0, 0.05) is 5.69 Å². The first kappa shape index (κ1) is 17.2. The van der Waals surface area contributed by atoms with Crippen molar-refractivity contribution in [3.63, 3.8) is 0 Å². The number of urea groups is 1. The summed E-state index contributed by atoms with van der Waals surface area (Å²) < 4.78 is 0. The zero-order valence-corrected chi connectivity index (χ0v) is 12.0. The monoisotopic (exact) mass is 267 g/mol. The number of benzene rings is 1. The van der Waals surface area contributed by atoms with Crippen LogP contribution in [0.2, 0.25) is 0 Å². The standard InChI is InChI=1S/C7H8N2O2.C5H11N.C2H6/c8-7(11)9-5-1-3-6(10)4-2-5;1-6-4-2-3-5-6;1-2/h1-4,10H,(H3,8,9,11);2-5H2,1H3;1-2H3. The Morgan fingerprint density at radius 3 is 2.00 bits per heavy atom. The average Bonchev–Trinajstić information content (AvgIpc) is 2.86. The Kier molecular flexibility index (Phi) is 9.26. The van der Waals surface area contributed by atoms with Crippen LogP contribution in [-0.2, 0) is 0 Å². The van der Waals surface area contributed by atoms with Gasteiger partial charge in [0.15, 0.2) is 0 Å². The minimum Gasteiger partial charge on any atom is -0.508 e. The van der Waals surface area contributed by atoms with Gasteiger partial charge in [0.25, 0.3) is 0 Å². The SMILES string of the molecule is CC.CN1CCCC1.NC(=O)Nc1ccc(O)cc1. The van der Waals surface area contributed by atoms with Crippen molar-refractivity contribution in [2.45, 2.75) is 26.7 Å². The van der Waals surface area contributed by atoms with Crippen molar-refractivity contribution in [2.24, 2.45) is 5.73 Å². The summed E-state index contributed by atoms with van der Waals surface area (Å²) in [5, 5.41) is 11.2. The summed E-state index contributed by atoms with van der Waals surface area (Å²) >= 11 is 0. The van der Waals surface area contributed by atoms with Gasteiger partial charge in [-0.1, -0.05) is 13.8 Å². The number of aromatic hydroxyl groups is 1. The van der Waals surface area contributed by atoms with Crippen molar-refractivity contribution in [3.8, 4) is 5.75 Å². The van der Waals surface area contributed by atoms with Crippen LogP contribution < -0.4 is 11.1 Å². The fourth-order valence-electron chi connectivity index (χ4n) is 1.56. The molecule has 0 saturated carbocycles. The summed E-state index contributed by atoms with van der Waals surface area (Å²) in [5.41, 5.74) is 5.42. The highest BCUT2D eigenvalue weighted by Crippen LogP contribution is 2.12. The molecule has 19 heavy (non-hydrogen) atoms. The lowest BCUT2D eigenvalue weighted by Gasteiger charge is -2.01. The fourth-order valence-corrected chi connectivity index (χ4v) is 1.56. The van der Waals surface area contributed by atoms with Gasteiger partial charge in [0.1, 0.15) is 5.75 Å². The topological polar surface area (TPSA) is 78.6 Å². The molecule has 1 heterocycles. The Bertz CT molecular complexity index is 346. The molecule has 108 valence electrons. The number of carbonyl (C=O) groups excluding carboxylic acids is 1. The summed E-state index contributed by atoms with van der Waals surface area (Å²) in [4.78, 5) is 12.7. The maximum Gasteiger partial charge on any atom is 0.316 e. The number of nitrogens with two attached hydrogens (primary N) is 1. The molecule has 0 aliphatic carbocycles. The summed E-state index contributed by atoms with van der Waals surface area (Å²) in [6.45, 7) is 6.64. The number of nitrogens with one attached hydrogen (secondary N) is 1. The van der Waals surface area contributed by atoms with Crippen LogP contribution in [0.3, 0.4) is 0 Å². The lowest BCUT2D eigenvalue weighted by atomic mass is 10.3. The molecule has 5 heteroatoms. The number of carbonyl (C=O) groups is 1. The minimum absolute atomic E-state index is 0.153. The maximum absolute atomic E-state index is 10.3. The molecule has 1 aromatic carbocycles. The number of nitrogens with zero attached hydrogens (tertiary/aromatic N) is 1. The Morgan fingerprint density at radius 1 is 1.21 bits per heavy atom. The van der Waals surface area contributed by atoms with Crippen molar-refractivity contribution in [3.05, 3.63) is 24.3 Å². The largest absolute Gasteiger partial charge is 0.508 e. The first-order valence-corrected chi connectivity index (χ1v) is 6.62. The first-order valence-electron chi connectivity index (χ1n) is 6.62. The smallest absolute Gasteiger partial charge is 0.316 e. The van der Waals surface area contributed by atoms with E-state index in [2.05, 4.69) is 17.3 Å². The Morgan fingerprint density at radius 2 is 1.68 bits per heavy atom. The predicted molar refractivity (Wildman–Crippen MR) is 79.4 cm³/mol. The van der Waals surface area contributed by atoms with Gasteiger partial charge < -0.3 is 21.1 Å². The van der Waals surface area contributed by atoms with Gasteiger partial charge >= 0.3 is 6.03 Å². The molecule has 1 saturated heterocycles. The van der Waals surface area contributed by atoms with E-state index in [9.17, 15) is 4.79 Å². The summed E-state index contributed by atoms with van der Waals surface area (Å²) in [7, 11) is 2.17. The molecule has 4 N–H and O–H groups in total. The van der Waals surface area contributed by atoms with Crippen molar-refractivity contribution in [2.75, 3.05) is 25.5 Å². The van der Waals surface area contributed by atoms with Gasteiger partial charge in [-0.3, -0.25) is 0 Å². The van der Waals surface area contributed by atoms with Crippen molar-refractivity contribution >= 4 is 11.7 Å². The quantitative estimate of drug-likeness (QED) is 0.684. The molecule has 0 atom stereocenters. The average molecular weight is 267 g/mol. The molecule has 1 aliphatic heterocycles. The Labute approximate surface area is 115 Å². The molecule has 1 aromatic rings. The lowest BCUT2D eigenvalue weighted by Crippen LogP contribution is -2.18. The van der Waals surface area contributed by atoms with E-state index in [1.807, 2.05) is 13.8 Å². The number of anilines is 1. The number of rotatable bonds is 1. The molecular weight excluding hydrogens is 242 g/mol. The molecule has 0 unspecified atom stereocenters. The highest BCUT2D eigenvalue weighted by molar-refractivity contribution is 5.87. The first-order chi connectivity index (χ1) is 9.08. The van der Waals surface area contributed by atoms with Gasteiger partial charge in [-0.05, 0) is 57.2 Å². The molecule has 1 fully saturated rings. The van der Waals surface area contributed by atoms with Crippen LogP contribution in [0.4, 0.5) is 10.5 Å². The molecule has 0 spiro atoms. The number of hydrogen-bond acceptors (Lipinski definition) is 3. The van der Waals surface area contributed by atoms with Crippen molar-refractivity contribution in [1.82, 2.24) is 4.90 Å². The van der Waals surface area contributed by atoms with Gasteiger partial charge in [-0.25, -0.2) is 4.79 Å². The summed E-state index contributed by atoms with van der Waals surface area (Å²) in [6.07, 6.45) is 2.83. The van der Waals surface area contributed by atoms with Crippen molar-refractivity contribution in [1.29, 1.82) is 0 Å². The van der Waals surface area contributed by atoms with Gasteiger partial charge in [0.05, 0.1) is 0 Å². The third-order valence-corrected chi connectivity index (χ3v) is 2.46. The number of primary amides is 1. The van der Waals surface area contributed by atoms with E-state index in [1.165, 1.54) is 38.1 Å². The molecule has 2 rings (SSSR count). The normalized spacial score (nSPS) is 13.6. The van der Waals surface area contributed by atoms with E-state index in [-0.39, 0.29) is 5.75 Å². The summed E-state index contributed by atoms with van der Waals surface area (Å²) in [5.74, 6) is 0.153. The third-order valence-electron chi connectivity index (χ3n) is 2.46. The third kappa shape index (κ3) is 8.90. The molecule has 0 bridgehead atoms. The van der Waals surface area contributed by atoms with E-state index < -0.39 is 6.03 Å². The van der Waals surface area contributed by atoms with Gasteiger partial charge in [-0.2, -0.15) is 0 Å². The van der Waals surface area contributed by atoms with Crippen LogP contribution in [0.25, 0.3) is 0 Å². The van der Waals surface area contributed by atoms with E-state index >= 15 is 0 Å². The maximum atomic E-state index is 10.3. The minimum atomic E-state index is -0.615.